The molecule has 1 aliphatic heterocycles. The van der Waals surface area contributed by atoms with Crippen LogP contribution < -0.4 is 4.90 Å². The second-order valence-corrected chi connectivity index (χ2v) is 4.51. The zero-order valence-electron chi connectivity index (χ0n) is 10.1. The third kappa shape index (κ3) is 2.23. The van der Waals surface area contributed by atoms with E-state index in [0.717, 1.165) is 19.5 Å². The molecule has 2 rings (SSSR count). The lowest BCUT2D eigenvalue weighted by molar-refractivity contribution is 0.443. The molecule has 0 saturated carbocycles. The van der Waals surface area contributed by atoms with Crippen LogP contribution in [-0.2, 0) is 0 Å². The number of halogens is 1. The molecule has 4 heteroatoms. The predicted molar refractivity (Wildman–Crippen MR) is 60.3 cm³/mol. The molecule has 1 atom stereocenters. The highest BCUT2D eigenvalue weighted by molar-refractivity contribution is 9.10. The molecule has 0 aromatic carbocycles. The van der Waals surface area contributed by atoms with E-state index in [1.165, 1.54) is 6.42 Å². The maximum absolute atomic E-state index is 7.88. The summed E-state index contributed by atoms with van der Waals surface area (Å²) < 4.78 is 15.9. The number of piperidine rings is 1. The Hall–Kier alpha value is -0.640. The third-order valence-electron chi connectivity index (χ3n) is 2.47. The van der Waals surface area contributed by atoms with E-state index in [2.05, 4.69) is 38.0 Å². The van der Waals surface area contributed by atoms with Gasteiger partial charge in [-0.2, -0.15) is 0 Å². The van der Waals surface area contributed by atoms with Gasteiger partial charge in [0.25, 0.3) is 0 Å². The molecule has 76 valence electrons. The van der Waals surface area contributed by atoms with Crippen LogP contribution in [0.4, 0.5) is 5.82 Å². The van der Waals surface area contributed by atoms with E-state index in [1.807, 2.05) is 0 Å². The van der Waals surface area contributed by atoms with Crippen molar-refractivity contribution in [3.63, 3.8) is 0 Å². The molecule has 0 spiro atoms. The number of rotatable bonds is 1. The van der Waals surface area contributed by atoms with E-state index in [4.69, 9.17) is 2.74 Å². The second-order valence-electron chi connectivity index (χ2n) is 3.76. The van der Waals surface area contributed by atoms with Crippen molar-refractivity contribution >= 4 is 21.7 Å². The van der Waals surface area contributed by atoms with Crippen LogP contribution in [0, 0.1) is 5.92 Å². The molecule has 1 aliphatic rings. The normalized spacial score (nSPS) is 24.4. The van der Waals surface area contributed by atoms with Crippen LogP contribution in [0.5, 0.6) is 0 Å². The summed E-state index contributed by atoms with van der Waals surface area (Å²) in [5.74, 6) is 1.16. The topological polar surface area (TPSA) is 29.0 Å². The summed E-state index contributed by atoms with van der Waals surface area (Å²) in [5, 5.41) is 7.88. The molecule has 14 heavy (non-hydrogen) atoms. The summed E-state index contributed by atoms with van der Waals surface area (Å²) in [6.45, 7) is 4.01. The van der Waals surface area contributed by atoms with E-state index in [9.17, 15) is 0 Å². The molecule has 0 bridgehead atoms. The predicted octanol–water partition coefficient (Wildman–Crippen LogP) is 2.48. The first-order valence-electron chi connectivity index (χ1n) is 5.84. The quantitative estimate of drug-likeness (QED) is 0.774. The summed E-state index contributed by atoms with van der Waals surface area (Å²) in [4.78, 5) is 2.06. The Morgan fingerprint density at radius 2 is 2.43 bits per heavy atom. The highest BCUT2D eigenvalue weighted by atomic mass is 79.9. The van der Waals surface area contributed by atoms with Gasteiger partial charge in [0, 0.05) is 13.1 Å². The lowest BCUT2D eigenvalue weighted by Crippen LogP contribution is -2.34. The Labute approximate surface area is 95.5 Å². The Morgan fingerprint density at radius 3 is 3.21 bits per heavy atom. The van der Waals surface area contributed by atoms with Crippen molar-refractivity contribution in [2.45, 2.75) is 19.8 Å². The van der Waals surface area contributed by atoms with E-state index in [0.29, 0.717) is 16.3 Å². The van der Waals surface area contributed by atoms with Crippen molar-refractivity contribution in [2.24, 2.45) is 5.92 Å². The SMILES string of the molecule is [2H]c1c(Br)nnc(N2CCCC(C)C2)c1[2H]. The molecule has 0 aliphatic carbocycles. The Kier molecular flexibility index (Phi) is 2.32. The molecule has 3 nitrogen and oxygen atoms in total. The minimum Gasteiger partial charge on any atom is -0.355 e. The third-order valence-corrected chi connectivity index (χ3v) is 2.82. The average Bonchev–Trinajstić information content (AvgIpc) is 2.26. The molecule has 2 heterocycles. The summed E-state index contributed by atoms with van der Waals surface area (Å²) in [7, 11) is 0. The van der Waals surface area contributed by atoms with E-state index in [-0.39, 0.29) is 12.1 Å². The van der Waals surface area contributed by atoms with Crippen LogP contribution in [0.15, 0.2) is 16.7 Å². The fraction of sp³-hybridized carbons (Fsp3) is 0.600. The van der Waals surface area contributed by atoms with Gasteiger partial charge in [-0.25, -0.2) is 0 Å². The van der Waals surface area contributed by atoms with Crippen LogP contribution in [0.3, 0.4) is 0 Å². The van der Waals surface area contributed by atoms with Gasteiger partial charge in [-0.3, -0.25) is 0 Å². The fourth-order valence-electron chi connectivity index (χ4n) is 1.77. The lowest BCUT2D eigenvalue weighted by Gasteiger charge is -2.31. The number of aromatic nitrogens is 2. The van der Waals surface area contributed by atoms with Gasteiger partial charge in [0.15, 0.2) is 5.82 Å². The molecular formula is C10H14BrN3. The number of hydrogen-bond acceptors (Lipinski definition) is 3. The van der Waals surface area contributed by atoms with Gasteiger partial charge in [-0.15, -0.1) is 10.2 Å². The molecule has 0 amide bonds. The molecule has 1 aromatic heterocycles. The van der Waals surface area contributed by atoms with Crippen LogP contribution in [-0.4, -0.2) is 23.3 Å². The summed E-state index contributed by atoms with van der Waals surface area (Å²) in [5.41, 5.74) is 0. The molecular weight excluding hydrogens is 242 g/mol. The Balaban J connectivity index is 2.29. The van der Waals surface area contributed by atoms with Gasteiger partial charge in [-0.05, 0) is 46.8 Å². The minimum absolute atomic E-state index is 0.114. The fourth-order valence-corrected chi connectivity index (χ4v) is 1.95. The van der Waals surface area contributed by atoms with Gasteiger partial charge in [0.2, 0.25) is 0 Å². The van der Waals surface area contributed by atoms with Crippen molar-refractivity contribution < 1.29 is 2.74 Å². The van der Waals surface area contributed by atoms with Gasteiger partial charge in [0.05, 0.1) is 2.74 Å². The first-order chi connectivity index (χ1) is 7.59. The van der Waals surface area contributed by atoms with Crippen molar-refractivity contribution in [1.29, 1.82) is 0 Å². The van der Waals surface area contributed by atoms with Gasteiger partial charge < -0.3 is 4.90 Å². The van der Waals surface area contributed by atoms with E-state index < -0.39 is 0 Å². The zero-order chi connectivity index (χ0) is 11.7. The lowest BCUT2D eigenvalue weighted by atomic mass is 10.0. The molecule has 0 radical (unpaired) electrons. The molecule has 0 N–H and O–H groups in total. The van der Waals surface area contributed by atoms with E-state index >= 15 is 0 Å². The summed E-state index contributed by atoms with van der Waals surface area (Å²) in [6, 6.07) is 0.277. The molecule has 1 fully saturated rings. The van der Waals surface area contributed by atoms with Crippen molar-refractivity contribution in [3.05, 3.63) is 16.7 Å². The van der Waals surface area contributed by atoms with Crippen LogP contribution in [0.25, 0.3) is 0 Å². The number of anilines is 1. The van der Waals surface area contributed by atoms with Crippen LogP contribution in [0.2, 0.25) is 0 Å². The summed E-state index contributed by atoms with van der Waals surface area (Å²) in [6.07, 6.45) is 2.34. The van der Waals surface area contributed by atoms with Gasteiger partial charge in [-0.1, -0.05) is 6.92 Å². The first-order valence-corrected chi connectivity index (χ1v) is 5.63. The molecule has 1 unspecified atom stereocenters. The van der Waals surface area contributed by atoms with Crippen molar-refractivity contribution in [1.82, 2.24) is 10.2 Å². The number of hydrogen-bond donors (Lipinski definition) is 0. The standard InChI is InChI=1S/C10H14BrN3/c1-8-3-2-6-14(7-8)10-5-4-9(11)12-13-10/h4-5,8H,2-3,6-7H2,1H3/i4D,5D. The highest BCUT2D eigenvalue weighted by Crippen LogP contribution is 2.20. The van der Waals surface area contributed by atoms with Gasteiger partial charge >= 0.3 is 0 Å². The van der Waals surface area contributed by atoms with Crippen molar-refractivity contribution in [3.8, 4) is 0 Å². The maximum Gasteiger partial charge on any atom is 0.151 e. The van der Waals surface area contributed by atoms with Crippen LogP contribution in [0.1, 0.15) is 22.5 Å². The summed E-state index contributed by atoms with van der Waals surface area (Å²) >= 11 is 3.12. The maximum atomic E-state index is 7.88. The van der Waals surface area contributed by atoms with Gasteiger partial charge in [0.1, 0.15) is 4.60 Å². The first kappa shape index (κ1) is 7.63. The highest BCUT2D eigenvalue weighted by Gasteiger charge is 2.17. The van der Waals surface area contributed by atoms with E-state index in [1.54, 1.807) is 0 Å². The minimum atomic E-state index is 0.114. The molecule has 1 saturated heterocycles. The number of nitrogens with zero attached hydrogens (tertiary/aromatic N) is 3. The largest absolute Gasteiger partial charge is 0.355 e. The zero-order valence-corrected chi connectivity index (χ0v) is 9.71. The molecule has 1 aromatic rings. The monoisotopic (exact) mass is 257 g/mol. The van der Waals surface area contributed by atoms with Crippen molar-refractivity contribution in [2.75, 3.05) is 18.0 Å². The Morgan fingerprint density at radius 1 is 1.57 bits per heavy atom. The Bertz CT molecular complexity index is 400. The average molecular weight is 258 g/mol. The van der Waals surface area contributed by atoms with Crippen LogP contribution >= 0.6 is 15.9 Å². The second kappa shape index (κ2) is 4.26. The smallest absolute Gasteiger partial charge is 0.151 e.